The largest absolute Gasteiger partial charge is 0.478 e. The van der Waals surface area contributed by atoms with Crippen LogP contribution >= 0.6 is 0 Å². The van der Waals surface area contributed by atoms with Crippen LogP contribution in [0.4, 0.5) is 17.1 Å². The molecule has 1 N–H and O–H groups in total. The SMILES string of the molecule is CCc1ccc(-c2ccc(N(c3ccc(C)cc3)c3ccc(C=CC(=O)O)cc3)cc2C)cc1. The van der Waals surface area contributed by atoms with Crippen molar-refractivity contribution in [1.29, 1.82) is 0 Å². The molecule has 0 aromatic heterocycles. The third kappa shape index (κ3) is 5.26. The highest BCUT2D eigenvalue weighted by molar-refractivity contribution is 5.86. The molecular weight excluding hydrogens is 418 g/mol. The summed E-state index contributed by atoms with van der Waals surface area (Å²) < 4.78 is 0. The first-order chi connectivity index (χ1) is 16.4. The summed E-state index contributed by atoms with van der Waals surface area (Å²) in [6.07, 6.45) is 3.79. The third-order valence-electron chi connectivity index (χ3n) is 6.00. The van der Waals surface area contributed by atoms with Gasteiger partial charge in [-0.05, 0) is 90.6 Å². The molecule has 0 amide bonds. The standard InChI is InChI=1S/C31H29NO2/c1-4-24-7-12-26(13-8-24)30-19-18-29(21-23(30)3)32(27-14-5-22(2)6-15-27)28-16-9-25(10-17-28)11-20-31(33)34/h5-21H,4H2,1-3H3,(H,33,34). The van der Waals surface area contributed by atoms with Gasteiger partial charge in [-0.2, -0.15) is 0 Å². The van der Waals surface area contributed by atoms with Crippen LogP contribution < -0.4 is 4.90 Å². The maximum Gasteiger partial charge on any atom is 0.328 e. The zero-order chi connectivity index (χ0) is 24.1. The summed E-state index contributed by atoms with van der Waals surface area (Å²) in [6.45, 7) is 6.41. The maximum atomic E-state index is 10.8. The van der Waals surface area contributed by atoms with Crippen molar-refractivity contribution >= 4 is 29.1 Å². The molecule has 4 aromatic carbocycles. The first-order valence-corrected chi connectivity index (χ1v) is 11.5. The molecule has 3 heteroatoms. The van der Waals surface area contributed by atoms with Gasteiger partial charge in [0.05, 0.1) is 0 Å². The molecule has 34 heavy (non-hydrogen) atoms. The van der Waals surface area contributed by atoms with Crippen LogP contribution in [0.2, 0.25) is 0 Å². The molecule has 0 saturated carbocycles. The van der Waals surface area contributed by atoms with Crippen LogP contribution in [-0.2, 0) is 11.2 Å². The second kappa shape index (κ2) is 10.2. The number of benzene rings is 4. The second-order valence-electron chi connectivity index (χ2n) is 8.48. The number of nitrogens with zero attached hydrogens (tertiary/aromatic N) is 1. The van der Waals surface area contributed by atoms with Crippen molar-refractivity contribution in [3.05, 3.63) is 119 Å². The fraction of sp³-hybridized carbons (Fsp3) is 0.129. The van der Waals surface area contributed by atoms with Crippen molar-refractivity contribution in [2.24, 2.45) is 0 Å². The minimum atomic E-state index is -0.953. The summed E-state index contributed by atoms with van der Waals surface area (Å²) in [7, 11) is 0. The first kappa shape index (κ1) is 23.1. The average Bonchev–Trinajstić information content (AvgIpc) is 2.85. The maximum absolute atomic E-state index is 10.8. The highest BCUT2D eigenvalue weighted by Crippen LogP contribution is 2.37. The zero-order valence-corrected chi connectivity index (χ0v) is 19.8. The number of rotatable bonds is 7. The van der Waals surface area contributed by atoms with Gasteiger partial charge in [-0.3, -0.25) is 0 Å². The predicted molar refractivity (Wildman–Crippen MR) is 142 cm³/mol. The number of carboxylic acid groups (broad SMARTS) is 1. The van der Waals surface area contributed by atoms with Crippen LogP contribution in [0.3, 0.4) is 0 Å². The Morgan fingerprint density at radius 3 is 1.94 bits per heavy atom. The van der Waals surface area contributed by atoms with Gasteiger partial charge in [0.2, 0.25) is 0 Å². The van der Waals surface area contributed by atoms with E-state index in [1.54, 1.807) is 6.08 Å². The Hall–Kier alpha value is -4.11. The third-order valence-corrected chi connectivity index (χ3v) is 6.00. The van der Waals surface area contributed by atoms with Gasteiger partial charge in [-0.1, -0.05) is 67.1 Å². The summed E-state index contributed by atoms with van der Waals surface area (Å²) >= 11 is 0. The number of carboxylic acids is 1. The summed E-state index contributed by atoms with van der Waals surface area (Å²) in [5.74, 6) is -0.953. The highest BCUT2D eigenvalue weighted by Gasteiger charge is 2.14. The molecule has 0 heterocycles. The second-order valence-corrected chi connectivity index (χ2v) is 8.48. The Balaban J connectivity index is 1.74. The van der Waals surface area contributed by atoms with E-state index in [-0.39, 0.29) is 0 Å². The van der Waals surface area contributed by atoms with E-state index in [2.05, 4.69) is 92.4 Å². The van der Waals surface area contributed by atoms with Crippen molar-refractivity contribution in [1.82, 2.24) is 0 Å². The summed E-state index contributed by atoms with van der Waals surface area (Å²) in [5, 5.41) is 8.90. The molecule has 0 aliphatic carbocycles. The fourth-order valence-corrected chi connectivity index (χ4v) is 4.07. The van der Waals surface area contributed by atoms with E-state index >= 15 is 0 Å². The molecule has 170 valence electrons. The van der Waals surface area contributed by atoms with E-state index in [4.69, 9.17) is 5.11 Å². The monoisotopic (exact) mass is 447 g/mol. The Labute approximate surface area is 201 Å². The minimum absolute atomic E-state index is 0.845. The lowest BCUT2D eigenvalue weighted by molar-refractivity contribution is -0.131. The van der Waals surface area contributed by atoms with Crippen molar-refractivity contribution in [3.63, 3.8) is 0 Å². The van der Waals surface area contributed by atoms with E-state index in [0.29, 0.717) is 0 Å². The molecular formula is C31H29NO2. The smallest absolute Gasteiger partial charge is 0.328 e. The van der Waals surface area contributed by atoms with Gasteiger partial charge in [0.1, 0.15) is 0 Å². The normalized spacial score (nSPS) is 11.0. The fourth-order valence-electron chi connectivity index (χ4n) is 4.07. The van der Waals surface area contributed by atoms with Crippen LogP contribution in [0.5, 0.6) is 0 Å². The molecule has 4 rings (SSSR count). The number of aliphatic carboxylic acids is 1. The lowest BCUT2D eigenvalue weighted by Crippen LogP contribution is -2.10. The van der Waals surface area contributed by atoms with Crippen LogP contribution in [0.1, 0.15) is 29.2 Å². The van der Waals surface area contributed by atoms with E-state index in [9.17, 15) is 4.79 Å². The van der Waals surface area contributed by atoms with Gasteiger partial charge in [0.25, 0.3) is 0 Å². The Kier molecular flexibility index (Phi) is 6.93. The molecule has 0 fully saturated rings. The number of hydrogen-bond acceptors (Lipinski definition) is 2. The van der Waals surface area contributed by atoms with Crippen LogP contribution in [0.15, 0.2) is 97.1 Å². The van der Waals surface area contributed by atoms with Crippen molar-refractivity contribution < 1.29 is 9.90 Å². The zero-order valence-electron chi connectivity index (χ0n) is 19.8. The topological polar surface area (TPSA) is 40.5 Å². The van der Waals surface area contributed by atoms with E-state index in [0.717, 1.165) is 35.1 Å². The van der Waals surface area contributed by atoms with Crippen LogP contribution in [0, 0.1) is 13.8 Å². The van der Waals surface area contributed by atoms with Crippen LogP contribution in [0.25, 0.3) is 17.2 Å². The van der Waals surface area contributed by atoms with E-state index in [1.165, 1.54) is 27.8 Å². The highest BCUT2D eigenvalue weighted by atomic mass is 16.4. The molecule has 0 atom stereocenters. The van der Waals surface area contributed by atoms with Gasteiger partial charge < -0.3 is 10.0 Å². The molecule has 0 aliphatic heterocycles. The molecule has 0 spiro atoms. The van der Waals surface area contributed by atoms with Crippen molar-refractivity contribution in [2.75, 3.05) is 4.90 Å². The molecule has 0 bridgehead atoms. The summed E-state index contributed by atoms with van der Waals surface area (Å²) in [4.78, 5) is 13.1. The Bertz CT molecular complexity index is 1300. The Morgan fingerprint density at radius 1 is 0.794 bits per heavy atom. The van der Waals surface area contributed by atoms with Crippen molar-refractivity contribution in [3.8, 4) is 11.1 Å². The van der Waals surface area contributed by atoms with E-state index in [1.807, 2.05) is 24.3 Å². The lowest BCUT2D eigenvalue weighted by Gasteiger charge is -2.26. The van der Waals surface area contributed by atoms with Gasteiger partial charge in [-0.15, -0.1) is 0 Å². The molecule has 0 unspecified atom stereocenters. The van der Waals surface area contributed by atoms with Gasteiger partial charge in [0.15, 0.2) is 0 Å². The summed E-state index contributed by atoms with van der Waals surface area (Å²) in [5.41, 5.74) is 10.2. The van der Waals surface area contributed by atoms with Gasteiger partial charge >= 0.3 is 5.97 Å². The lowest BCUT2D eigenvalue weighted by atomic mass is 9.98. The van der Waals surface area contributed by atoms with Crippen LogP contribution in [-0.4, -0.2) is 11.1 Å². The summed E-state index contributed by atoms with van der Waals surface area (Å²) in [6, 6.07) is 31.8. The molecule has 0 saturated heterocycles. The molecule has 3 nitrogen and oxygen atoms in total. The van der Waals surface area contributed by atoms with E-state index < -0.39 is 5.97 Å². The molecule has 4 aromatic rings. The number of aryl methyl sites for hydroxylation is 3. The molecule has 0 radical (unpaired) electrons. The first-order valence-electron chi connectivity index (χ1n) is 11.5. The predicted octanol–water partition coefficient (Wildman–Crippen LogP) is 8.10. The number of anilines is 3. The average molecular weight is 448 g/mol. The van der Waals surface area contributed by atoms with Gasteiger partial charge in [-0.25, -0.2) is 4.79 Å². The quantitative estimate of drug-likeness (QED) is 0.291. The van der Waals surface area contributed by atoms with Gasteiger partial charge in [0, 0.05) is 23.1 Å². The molecule has 0 aliphatic rings. The minimum Gasteiger partial charge on any atom is -0.478 e. The van der Waals surface area contributed by atoms with Crippen molar-refractivity contribution in [2.45, 2.75) is 27.2 Å². The number of carbonyl (C=O) groups is 1. The Morgan fingerprint density at radius 2 is 1.38 bits per heavy atom. The number of hydrogen-bond donors (Lipinski definition) is 1.